The zero-order valence-corrected chi connectivity index (χ0v) is 7.86. The van der Waals surface area contributed by atoms with E-state index in [1.807, 2.05) is 0 Å². The molecule has 1 saturated heterocycles. The molecule has 0 aromatic carbocycles. The van der Waals surface area contributed by atoms with Crippen LogP contribution in [0.15, 0.2) is 10.6 Å². The van der Waals surface area contributed by atoms with Crippen molar-refractivity contribution in [3.8, 4) is 0 Å². The molecule has 1 fully saturated rings. The van der Waals surface area contributed by atoms with Crippen molar-refractivity contribution < 1.29 is 18.8 Å². The van der Waals surface area contributed by atoms with Crippen molar-refractivity contribution in [2.24, 2.45) is 0 Å². The summed E-state index contributed by atoms with van der Waals surface area (Å²) < 4.78 is 14.6. The molecular weight excluding hydrogens is 186 g/mol. The van der Waals surface area contributed by atoms with Crippen LogP contribution in [0.1, 0.15) is 29.1 Å². The van der Waals surface area contributed by atoms with Gasteiger partial charge in [-0.1, -0.05) is 5.16 Å². The van der Waals surface area contributed by atoms with E-state index in [9.17, 15) is 4.79 Å². The SMILES string of the molecule is CCOC(=O)c1cc(C2COC2)no1. The average molecular weight is 197 g/mol. The molecule has 14 heavy (non-hydrogen) atoms. The third-order valence-electron chi connectivity index (χ3n) is 2.06. The minimum atomic E-state index is -0.466. The average Bonchev–Trinajstić information content (AvgIpc) is 2.50. The Morgan fingerprint density at radius 2 is 2.50 bits per heavy atom. The molecule has 76 valence electrons. The summed E-state index contributed by atoms with van der Waals surface area (Å²) in [6, 6.07) is 1.62. The third kappa shape index (κ3) is 1.63. The van der Waals surface area contributed by atoms with Crippen molar-refractivity contribution in [2.45, 2.75) is 12.8 Å². The fourth-order valence-electron chi connectivity index (χ4n) is 1.19. The zero-order valence-electron chi connectivity index (χ0n) is 7.86. The highest BCUT2D eigenvalue weighted by atomic mass is 16.6. The van der Waals surface area contributed by atoms with Gasteiger partial charge in [-0.3, -0.25) is 0 Å². The van der Waals surface area contributed by atoms with Gasteiger partial charge in [0.15, 0.2) is 0 Å². The monoisotopic (exact) mass is 197 g/mol. The number of nitrogens with zero attached hydrogens (tertiary/aromatic N) is 1. The van der Waals surface area contributed by atoms with Crippen molar-refractivity contribution in [1.29, 1.82) is 0 Å². The van der Waals surface area contributed by atoms with Gasteiger partial charge in [0.05, 0.1) is 31.4 Å². The second-order valence-corrected chi connectivity index (χ2v) is 3.07. The van der Waals surface area contributed by atoms with Crippen LogP contribution in [0.25, 0.3) is 0 Å². The van der Waals surface area contributed by atoms with Crippen molar-refractivity contribution in [3.63, 3.8) is 0 Å². The zero-order chi connectivity index (χ0) is 9.97. The van der Waals surface area contributed by atoms with E-state index in [0.29, 0.717) is 19.8 Å². The lowest BCUT2D eigenvalue weighted by molar-refractivity contribution is 0.00554. The van der Waals surface area contributed by atoms with Gasteiger partial charge in [-0.2, -0.15) is 0 Å². The lowest BCUT2D eigenvalue weighted by Crippen LogP contribution is -2.25. The minimum Gasteiger partial charge on any atom is -0.460 e. The Bertz CT molecular complexity index is 329. The Balaban J connectivity index is 2.05. The number of rotatable bonds is 3. The number of esters is 1. The van der Waals surface area contributed by atoms with Gasteiger partial charge in [0.1, 0.15) is 0 Å². The van der Waals surface area contributed by atoms with Gasteiger partial charge in [0.2, 0.25) is 5.76 Å². The summed E-state index contributed by atoms with van der Waals surface area (Å²) in [6.45, 7) is 3.37. The van der Waals surface area contributed by atoms with Gasteiger partial charge >= 0.3 is 5.97 Å². The molecule has 0 aliphatic carbocycles. The van der Waals surface area contributed by atoms with Crippen LogP contribution in [-0.2, 0) is 9.47 Å². The summed E-state index contributed by atoms with van der Waals surface area (Å²) in [4.78, 5) is 11.2. The maximum atomic E-state index is 11.2. The highest BCUT2D eigenvalue weighted by Gasteiger charge is 2.25. The lowest BCUT2D eigenvalue weighted by Gasteiger charge is -2.23. The molecule has 0 amide bonds. The molecular formula is C9H11NO4. The van der Waals surface area contributed by atoms with E-state index in [0.717, 1.165) is 5.69 Å². The Kier molecular flexibility index (Phi) is 2.49. The smallest absolute Gasteiger partial charge is 0.377 e. The van der Waals surface area contributed by atoms with E-state index in [-0.39, 0.29) is 11.7 Å². The first kappa shape index (κ1) is 9.21. The van der Waals surface area contributed by atoms with E-state index >= 15 is 0 Å². The summed E-state index contributed by atoms with van der Waals surface area (Å²) in [7, 11) is 0. The van der Waals surface area contributed by atoms with Crippen molar-refractivity contribution in [3.05, 3.63) is 17.5 Å². The molecule has 0 atom stereocenters. The number of aromatic nitrogens is 1. The summed E-state index contributed by atoms with van der Waals surface area (Å²) in [5.74, 6) is -0.0397. The molecule has 1 aromatic heterocycles. The van der Waals surface area contributed by atoms with Crippen molar-refractivity contribution in [2.75, 3.05) is 19.8 Å². The van der Waals surface area contributed by atoms with Gasteiger partial charge in [0, 0.05) is 6.07 Å². The highest BCUT2D eigenvalue weighted by Crippen LogP contribution is 2.23. The Morgan fingerprint density at radius 1 is 1.71 bits per heavy atom. The molecule has 2 heterocycles. The van der Waals surface area contributed by atoms with Crippen molar-refractivity contribution >= 4 is 5.97 Å². The van der Waals surface area contributed by atoms with Crippen LogP contribution in [-0.4, -0.2) is 30.9 Å². The van der Waals surface area contributed by atoms with Crippen LogP contribution in [0.2, 0.25) is 0 Å². The van der Waals surface area contributed by atoms with Gasteiger partial charge in [-0.05, 0) is 6.92 Å². The molecule has 2 rings (SSSR count). The molecule has 0 saturated carbocycles. The predicted molar refractivity (Wildman–Crippen MR) is 46.0 cm³/mol. The molecule has 0 unspecified atom stereocenters. The number of carbonyl (C=O) groups excluding carboxylic acids is 1. The van der Waals surface area contributed by atoms with E-state index < -0.39 is 5.97 Å². The first-order valence-corrected chi connectivity index (χ1v) is 4.52. The number of hydrogen-bond donors (Lipinski definition) is 0. The van der Waals surface area contributed by atoms with Gasteiger partial charge < -0.3 is 14.0 Å². The lowest BCUT2D eigenvalue weighted by atomic mass is 10.0. The summed E-state index contributed by atoms with van der Waals surface area (Å²) >= 11 is 0. The van der Waals surface area contributed by atoms with Crippen LogP contribution >= 0.6 is 0 Å². The topological polar surface area (TPSA) is 61.6 Å². The molecule has 0 radical (unpaired) electrons. The molecule has 0 N–H and O–H groups in total. The molecule has 5 nitrogen and oxygen atoms in total. The van der Waals surface area contributed by atoms with Gasteiger partial charge in [-0.15, -0.1) is 0 Å². The first-order chi connectivity index (χ1) is 6.81. The second-order valence-electron chi connectivity index (χ2n) is 3.07. The molecule has 1 aliphatic heterocycles. The minimum absolute atomic E-state index is 0.161. The van der Waals surface area contributed by atoms with Gasteiger partial charge in [-0.25, -0.2) is 4.79 Å². The summed E-state index contributed by atoms with van der Waals surface area (Å²) in [5.41, 5.74) is 0.763. The van der Waals surface area contributed by atoms with Crippen LogP contribution in [0.4, 0.5) is 0 Å². The maximum Gasteiger partial charge on any atom is 0.377 e. The Labute approximate surface area is 81.0 Å². The largest absolute Gasteiger partial charge is 0.460 e. The molecule has 5 heteroatoms. The predicted octanol–water partition coefficient (Wildman–Crippen LogP) is 0.965. The Hall–Kier alpha value is -1.36. The van der Waals surface area contributed by atoms with E-state index in [4.69, 9.17) is 14.0 Å². The second kappa shape index (κ2) is 3.79. The standard InChI is InChI=1S/C9H11NO4/c1-2-13-9(11)8-3-7(10-14-8)6-4-12-5-6/h3,6H,2,4-5H2,1H3. The molecule has 1 aromatic rings. The third-order valence-corrected chi connectivity index (χ3v) is 2.06. The fraction of sp³-hybridized carbons (Fsp3) is 0.556. The fourth-order valence-corrected chi connectivity index (χ4v) is 1.19. The summed E-state index contributed by atoms with van der Waals surface area (Å²) in [5, 5.41) is 3.79. The molecule has 0 bridgehead atoms. The van der Waals surface area contributed by atoms with Crippen LogP contribution in [0.5, 0.6) is 0 Å². The van der Waals surface area contributed by atoms with Crippen molar-refractivity contribution in [1.82, 2.24) is 5.16 Å². The molecule has 1 aliphatic rings. The van der Waals surface area contributed by atoms with E-state index in [1.54, 1.807) is 13.0 Å². The van der Waals surface area contributed by atoms with E-state index in [1.165, 1.54) is 0 Å². The van der Waals surface area contributed by atoms with Gasteiger partial charge in [0.25, 0.3) is 0 Å². The van der Waals surface area contributed by atoms with Crippen LogP contribution in [0.3, 0.4) is 0 Å². The Morgan fingerprint density at radius 3 is 3.07 bits per heavy atom. The van der Waals surface area contributed by atoms with Crippen LogP contribution in [0, 0.1) is 0 Å². The quantitative estimate of drug-likeness (QED) is 0.675. The highest BCUT2D eigenvalue weighted by molar-refractivity contribution is 5.86. The number of hydrogen-bond acceptors (Lipinski definition) is 5. The summed E-state index contributed by atoms with van der Waals surface area (Å²) in [6.07, 6.45) is 0. The first-order valence-electron chi connectivity index (χ1n) is 4.52. The molecule has 0 spiro atoms. The maximum absolute atomic E-state index is 11.2. The number of carbonyl (C=O) groups is 1. The van der Waals surface area contributed by atoms with Crippen LogP contribution < -0.4 is 0 Å². The number of ether oxygens (including phenoxy) is 2. The van der Waals surface area contributed by atoms with E-state index in [2.05, 4.69) is 5.16 Å². The normalized spacial score (nSPS) is 16.4.